The van der Waals surface area contributed by atoms with Gasteiger partial charge in [0.2, 0.25) is 23.6 Å². The van der Waals surface area contributed by atoms with Crippen molar-refractivity contribution in [3.63, 3.8) is 0 Å². The van der Waals surface area contributed by atoms with E-state index in [-0.39, 0.29) is 36.5 Å². The number of hydrogen-bond donors (Lipinski definition) is 4. The van der Waals surface area contributed by atoms with Crippen molar-refractivity contribution in [1.82, 2.24) is 20.4 Å². The van der Waals surface area contributed by atoms with Gasteiger partial charge >= 0.3 is 5.97 Å². The number of amides is 4. The molecule has 1 aromatic rings. The summed E-state index contributed by atoms with van der Waals surface area (Å²) in [5.41, 5.74) is 5.63. The molecule has 1 heterocycles. The number of carbonyl (C=O) groups excluding carboxylic acids is 4. The SMILES string of the molecule is CCC(CC)[C@@H]([C@@H](CC(=O)N1CCC[C@H]1[C@H](OC)[C@@H](C)C(=O)N[C@@H](Cc1ccccc1)C(=O)O)OC)N(C)C(=O)[C@@H](NC(=O)C(C)(C)N)C(C)C. The van der Waals surface area contributed by atoms with Gasteiger partial charge in [0.1, 0.15) is 12.1 Å². The Morgan fingerprint density at radius 1 is 1.02 bits per heavy atom. The highest BCUT2D eigenvalue weighted by Crippen LogP contribution is 2.30. The zero-order valence-corrected chi connectivity index (χ0v) is 32.3. The number of likely N-dealkylation sites (N-methyl/N-ethyl adjacent to an activating group) is 1. The molecule has 2 rings (SSSR count). The lowest BCUT2D eigenvalue weighted by atomic mass is 9.86. The molecule has 1 saturated heterocycles. The minimum absolute atomic E-state index is 0.00551. The van der Waals surface area contributed by atoms with Crippen molar-refractivity contribution in [3.05, 3.63) is 35.9 Å². The Kier molecular flexibility index (Phi) is 17.0. The van der Waals surface area contributed by atoms with Crippen molar-refractivity contribution in [2.24, 2.45) is 23.5 Å². The van der Waals surface area contributed by atoms with Crippen LogP contribution in [0.4, 0.5) is 0 Å². The van der Waals surface area contributed by atoms with E-state index in [2.05, 4.69) is 10.6 Å². The zero-order chi connectivity index (χ0) is 38.6. The lowest BCUT2D eigenvalue weighted by molar-refractivity contribution is -0.148. The number of nitrogens with two attached hydrogens (primary N) is 1. The lowest BCUT2D eigenvalue weighted by Gasteiger charge is -2.41. The summed E-state index contributed by atoms with van der Waals surface area (Å²) in [5.74, 6) is -3.53. The molecule has 0 spiro atoms. The number of benzene rings is 1. The van der Waals surface area contributed by atoms with Crippen LogP contribution in [0.25, 0.3) is 0 Å². The number of rotatable bonds is 20. The molecule has 7 atom stereocenters. The van der Waals surface area contributed by atoms with Crippen molar-refractivity contribution in [2.75, 3.05) is 27.8 Å². The van der Waals surface area contributed by atoms with Gasteiger partial charge in [-0.2, -0.15) is 0 Å². The van der Waals surface area contributed by atoms with E-state index in [9.17, 15) is 29.1 Å². The average molecular weight is 718 g/mol. The number of carbonyl (C=O) groups is 5. The second-order valence-electron chi connectivity index (χ2n) is 14.8. The van der Waals surface area contributed by atoms with E-state index < -0.39 is 65.6 Å². The normalized spacial score (nSPS) is 18.5. The highest BCUT2D eigenvalue weighted by Gasteiger charge is 2.43. The summed E-state index contributed by atoms with van der Waals surface area (Å²) in [7, 11) is 4.72. The van der Waals surface area contributed by atoms with Crippen LogP contribution in [-0.2, 0) is 39.9 Å². The van der Waals surface area contributed by atoms with E-state index >= 15 is 0 Å². The fourth-order valence-electron chi connectivity index (χ4n) is 7.12. The second-order valence-corrected chi connectivity index (χ2v) is 14.8. The Hall–Kier alpha value is -3.55. The maximum Gasteiger partial charge on any atom is 0.326 e. The van der Waals surface area contributed by atoms with Gasteiger partial charge in [0.05, 0.1) is 42.2 Å². The van der Waals surface area contributed by atoms with E-state index in [0.717, 1.165) is 18.4 Å². The van der Waals surface area contributed by atoms with E-state index in [1.165, 1.54) is 14.2 Å². The summed E-state index contributed by atoms with van der Waals surface area (Å²) in [4.78, 5) is 69.9. The van der Waals surface area contributed by atoms with Crippen molar-refractivity contribution >= 4 is 29.6 Å². The molecule has 0 radical (unpaired) electrons. The summed E-state index contributed by atoms with van der Waals surface area (Å²) >= 11 is 0. The van der Waals surface area contributed by atoms with Crippen LogP contribution in [0.1, 0.15) is 86.1 Å². The van der Waals surface area contributed by atoms with Crippen molar-refractivity contribution in [3.8, 4) is 0 Å². The summed E-state index contributed by atoms with van der Waals surface area (Å²) in [6, 6.07) is 6.22. The molecule has 5 N–H and O–H groups in total. The van der Waals surface area contributed by atoms with Crippen molar-refractivity contribution in [1.29, 1.82) is 0 Å². The van der Waals surface area contributed by atoms with Crippen LogP contribution in [-0.4, -0.2) is 114 Å². The fourth-order valence-corrected chi connectivity index (χ4v) is 7.12. The number of hydrogen-bond acceptors (Lipinski definition) is 8. The molecule has 1 aliphatic rings. The van der Waals surface area contributed by atoms with Gasteiger partial charge in [-0.1, -0.05) is 77.8 Å². The molecule has 13 nitrogen and oxygen atoms in total. The van der Waals surface area contributed by atoms with E-state index in [4.69, 9.17) is 15.2 Å². The zero-order valence-electron chi connectivity index (χ0n) is 32.3. The number of carboxylic acid groups (broad SMARTS) is 1. The first kappa shape index (κ1) is 43.6. The predicted octanol–water partition coefficient (Wildman–Crippen LogP) is 2.99. The number of carboxylic acids is 1. The first-order valence-electron chi connectivity index (χ1n) is 18.2. The van der Waals surface area contributed by atoms with Crippen molar-refractivity contribution < 1.29 is 38.6 Å². The number of nitrogens with zero attached hydrogens (tertiary/aromatic N) is 2. The molecule has 288 valence electrons. The van der Waals surface area contributed by atoms with Crippen LogP contribution >= 0.6 is 0 Å². The van der Waals surface area contributed by atoms with Crippen molar-refractivity contribution in [2.45, 2.75) is 129 Å². The maximum atomic E-state index is 14.1. The largest absolute Gasteiger partial charge is 0.480 e. The topological polar surface area (TPSA) is 181 Å². The highest BCUT2D eigenvalue weighted by atomic mass is 16.5. The van der Waals surface area contributed by atoms with Gasteiger partial charge in [-0.15, -0.1) is 0 Å². The Morgan fingerprint density at radius 3 is 2.12 bits per heavy atom. The summed E-state index contributed by atoms with van der Waals surface area (Å²) < 4.78 is 11.9. The Labute approximate surface area is 304 Å². The van der Waals surface area contributed by atoms with Gasteiger partial charge in [-0.05, 0) is 44.1 Å². The van der Waals surface area contributed by atoms with Crippen LogP contribution in [0.15, 0.2) is 30.3 Å². The van der Waals surface area contributed by atoms with Crippen LogP contribution in [0.5, 0.6) is 0 Å². The number of nitrogens with one attached hydrogen (secondary N) is 2. The number of methoxy groups -OCH3 is 2. The summed E-state index contributed by atoms with van der Waals surface area (Å²) in [6.45, 7) is 13.1. The van der Waals surface area contributed by atoms with Gasteiger partial charge in [0, 0.05) is 34.2 Å². The third kappa shape index (κ3) is 11.7. The minimum atomic E-state index is -1.17. The van der Waals surface area contributed by atoms with Gasteiger partial charge < -0.3 is 40.7 Å². The average Bonchev–Trinajstić information content (AvgIpc) is 3.57. The molecule has 51 heavy (non-hydrogen) atoms. The molecular weight excluding hydrogens is 654 g/mol. The van der Waals surface area contributed by atoms with Gasteiger partial charge in [0.25, 0.3) is 0 Å². The molecule has 0 aromatic heterocycles. The third-order valence-electron chi connectivity index (χ3n) is 10.3. The first-order chi connectivity index (χ1) is 23.9. The monoisotopic (exact) mass is 717 g/mol. The van der Waals surface area contributed by atoms with Gasteiger partial charge in [0.15, 0.2) is 0 Å². The van der Waals surface area contributed by atoms with E-state index in [1.54, 1.807) is 37.6 Å². The standard InChI is InChI=1S/C38H63N5O8/c1-11-26(12-2)32(42(8)35(46)31(23(3)4)41-37(49)38(6,7)39)29(50-9)22-30(44)43-20-16-19-28(43)33(51-10)24(5)34(45)40-27(36(47)48)21-25-17-14-13-15-18-25/h13-15,17-18,23-24,26-29,31-33H,11-12,16,19-22,39H2,1-10H3,(H,40,45)(H,41,49)(H,47,48)/t24-,27+,28+,29-,31+,32+,33-/m1/s1. The second kappa shape index (κ2) is 19.9. The van der Waals surface area contributed by atoms with Crippen LogP contribution in [0, 0.1) is 17.8 Å². The molecule has 0 aliphatic carbocycles. The third-order valence-corrected chi connectivity index (χ3v) is 10.3. The number of likely N-dealkylation sites (tertiary alicyclic amines) is 1. The molecule has 1 aliphatic heterocycles. The Bertz CT molecular complexity index is 1300. The Balaban J connectivity index is 2.29. The van der Waals surface area contributed by atoms with E-state index in [0.29, 0.717) is 19.4 Å². The van der Waals surface area contributed by atoms with Crippen LogP contribution in [0.2, 0.25) is 0 Å². The smallest absolute Gasteiger partial charge is 0.326 e. The van der Waals surface area contributed by atoms with Gasteiger partial charge in [-0.25, -0.2) is 4.79 Å². The molecule has 0 saturated carbocycles. The molecule has 0 bridgehead atoms. The van der Waals surface area contributed by atoms with Gasteiger partial charge in [-0.3, -0.25) is 19.2 Å². The predicted molar refractivity (Wildman–Crippen MR) is 195 cm³/mol. The minimum Gasteiger partial charge on any atom is -0.480 e. The van der Waals surface area contributed by atoms with E-state index in [1.807, 2.05) is 58.0 Å². The summed E-state index contributed by atoms with van der Waals surface area (Å²) in [5, 5.41) is 15.4. The molecule has 1 aromatic carbocycles. The fraction of sp³-hybridized carbons (Fsp3) is 0.711. The molecular formula is C38H63N5O8. The highest BCUT2D eigenvalue weighted by molar-refractivity contribution is 5.92. The van der Waals surface area contributed by atoms with Crippen LogP contribution in [0.3, 0.4) is 0 Å². The number of ether oxygens (including phenoxy) is 2. The summed E-state index contributed by atoms with van der Waals surface area (Å²) in [6.07, 6.45) is 1.52. The Morgan fingerprint density at radius 2 is 1.63 bits per heavy atom. The quantitative estimate of drug-likeness (QED) is 0.158. The maximum absolute atomic E-state index is 14.1. The first-order valence-corrected chi connectivity index (χ1v) is 18.2. The molecule has 0 unspecified atom stereocenters. The van der Waals surface area contributed by atoms with Crippen LogP contribution < -0.4 is 16.4 Å². The lowest BCUT2D eigenvalue weighted by Crippen LogP contribution is -2.60. The molecule has 4 amide bonds. The molecule has 1 fully saturated rings. The molecule has 13 heteroatoms. The number of aliphatic carboxylic acids is 1.